The van der Waals surface area contributed by atoms with Gasteiger partial charge in [-0.1, -0.05) is 6.07 Å². The Morgan fingerprint density at radius 3 is 2.76 bits per heavy atom. The van der Waals surface area contributed by atoms with Crippen LogP contribution in [0.1, 0.15) is 35.6 Å². The number of nitrogens with zero attached hydrogens (tertiary/aromatic N) is 1. The molecule has 4 heteroatoms. The second-order valence-electron chi connectivity index (χ2n) is 5.56. The summed E-state index contributed by atoms with van der Waals surface area (Å²) in [5.41, 5.74) is 9.32. The van der Waals surface area contributed by atoms with Crippen LogP contribution in [0, 0.1) is 12.7 Å². The van der Waals surface area contributed by atoms with Crippen LogP contribution >= 0.6 is 11.8 Å². The Morgan fingerprint density at radius 2 is 2.10 bits per heavy atom. The first-order chi connectivity index (χ1) is 10.1. The molecule has 1 aliphatic heterocycles. The minimum atomic E-state index is -0.241. The standard InChI is InChI=1S/C10H11NS.C7H8FN/c1-2-7(1)8-3-5-11-9-4-6-12-10(8)9;1-5-2-3-6(9)4-7(5)8/h3,5,7H,1-2,4,6H2;2-4H,9H2,1H3. The molecule has 0 spiro atoms. The Hall–Kier alpha value is -1.55. The number of benzene rings is 1. The maximum absolute atomic E-state index is 12.5. The van der Waals surface area contributed by atoms with Crippen LogP contribution in [-0.4, -0.2) is 10.7 Å². The Morgan fingerprint density at radius 1 is 1.29 bits per heavy atom. The fourth-order valence-corrected chi connectivity index (χ4v) is 3.65. The highest BCUT2D eigenvalue weighted by Gasteiger charge is 2.28. The zero-order chi connectivity index (χ0) is 14.8. The lowest BCUT2D eigenvalue weighted by Gasteiger charge is -2.03. The SMILES string of the molecule is Cc1ccc(N)cc1F.c1cc(C2CC2)c2c(n1)CCS2. The number of nitrogen functional groups attached to an aromatic ring is 1. The van der Waals surface area contributed by atoms with Crippen LogP contribution in [0.25, 0.3) is 0 Å². The van der Waals surface area contributed by atoms with E-state index in [1.54, 1.807) is 24.6 Å². The Balaban J connectivity index is 0.000000133. The van der Waals surface area contributed by atoms with E-state index in [9.17, 15) is 4.39 Å². The fourth-order valence-electron chi connectivity index (χ4n) is 2.43. The molecule has 2 aliphatic rings. The molecule has 0 atom stereocenters. The molecule has 0 saturated heterocycles. The number of nitrogens with two attached hydrogens (primary N) is 1. The van der Waals surface area contributed by atoms with Crippen LogP contribution in [0.4, 0.5) is 10.1 Å². The number of anilines is 1. The van der Waals surface area contributed by atoms with Gasteiger partial charge >= 0.3 is 0 Å². The fraction of sp³-hybridized carbons (Fsp3) is 0.353. The molecule has 1 saturated carbocycles. The Bertz CT molecular complexity index is 653. The number of halogens is 1. The lowest BCUT2D eigenvalue weighted by Crippen LogP contribution is -1.90. The van der Waals surface area contributed by atoms with Crippen LogP contribution in [0.2, 0.25) is 0 Å². The van der Waals surface area contributed by atoms with Crippen LogP contribution in [0.5, 0.6) is 0 Å². The van der Waals surface area contributed by atoms with Gasteiger partial charge in [-0.15, -0.1) is 11.8 Å². The van der Waals surface area contributed by atoms with Gasteiger partial charge in [-0.3, -0.25) is 4.98 Å². The summed E-state index contributed by atoms with van der Waals surface area (Å²) in [6.45, 7) is 1.70. The Labute approximate surface area is 129 Å². The third-order valence-electron chi connectivity index (χ3n) is 3.81. The quantitative estimate of drug-likeness (QED) is 0.797. The summed E-state index contributed by atoms with van der Waals surface area (Å²) in [4.78, 5) is 5.92. The minimum Gasteiger partial charge on any atom is -0.399 e. The average molecular weight is 302 g/mol. The van der Waals surface area contributed by atoms with E-state index in [0.717, 1.165) is 5.92 Å². The molecule has 1 fully saturated rings. The Kier molecular flexibility index (Phi) is 4.15. The number of hydrogen-bond donors (Lipinski definition) is 1. The number of hydrogen-bond acceptors (Lipinski definition) is 3. The van der Waals surface area contributed by atoms with E-state index in [1.807, 2.05) is 18.0 Å². The van der Waals surface area contributed by atoms with Crippen molar-refractivity contribution in [3.63, 3.8) is 0 Å². The highest BCUT2D eigenvalue weighted by Crippen LogP contribution is 2.46. The first kappa shape index (κ1) is 14.4. The van der Waals surface area contributed by atoms with Gasteiger partial charge in [0.05, 0.1) is 5.69 Å². The molecule has 2 N–H and O–H groups in total. The van der Waals surface area contributed by atoms with Gasteiger partial charge in [0.25, 0.3) is 0 Å². The van der Waals surface area contributed by atoms with Crippen molar-refractivity contribution >= 4 is 17.4 Å². The molecule has 1 aliphatic carbocycles. The maximum Gasteiger partial charge on any atom is 0.128 e. The predicted octanol–water partition coefficient (Wildman–Crippen LogP) is 4.32. The average Bonchev–Trinajstić information content (AvgIpc) is 3.20. The number of fused-ring (bicyclic) bond motifs is 1. The van der Waals surface area contributed by atoms with Crippen molar-refractivity contribution in [1.82, 2.24) is 4.98 Å². The van der Waals surface area contributed by atoms with Crippen molar-refractivity contribution in [2.24, 2.45) is 0 Å². The second kappa shape index (κ2) is 6.06. The van der Waals surface area contributed by atoms with Gasteiger partial charge in [0, 0.05) is 29.0 Å². The summed E-state index contributed by atoms with van der Waals surface area (Å²) in [7, 11) is 0. The van der Waals surface area contributed by atoms with Gasteiger partial charge in [0.1, 0.15) is 5.82 Å². The number of pyridine rings is 1. The normalized spacial score (nSPS) is 16.1. The third kappa shape index (κ3) is 3.38. The van der Waals surface area contributed by atoms with Crippen LogP contribution in [0.15, 0.2) is 35.4 Å². The zero-order valence-electron chi connectivity index (χ0n) is 12.1. The summed E-state index contributed by atoms with van der Waals surface area (Å²) in [5, 5.41) is 0. The van der Waals surface area contributed by atoms with Gasteiger partial charge in [0.2, 0.25) is 0 Å². The molecule has 21 heavy (non-hydrogen) atoms. The van der Waals surface area contributed by atoms with Crippen LogP contribution < -0.4 is 5.73 Å². The van der Waals surface area contributed by atoms with E-state index in [-0.39, 0.29) is 5.82 Å². The van der Waals surface area contributed by atoms with E-state index >= 15 is 0 Å². The number of rotatable bonds is 1. The third-order valence-corrected chi connectivity index (χ3v) is 4.98. The molecule has 2 heterocycles. The summed E-state index contributed by atoms with van der Waals surface area (Å²) in [5.74, 6) is 1.88. The maximum atomic E-state index is 12.5. The summed E-state index contributed by atoms with van der Waals surface area (Å²) >= 11 is 2.00. The van der Waals surface area contributed by atoms with Gasteiger partial charge in [-0.2, -0.15) is 0 Å². The molecule has 0 bridgehead atoms. The molecule has 0 radical (unpaired) electrons. The van der Waals surface area contributed by atoms with E-state index in [4.69, 9.17) is 5.73 Å². The van der Waals surface area contributed by atoms with E-state index in [0.29, 0.717) is 11.3 Å². The largest absolute Gasteiger partial charge is 0.399 e. The number of aryl methyl sites for hydroxylation is 2. The summed E-state index contributed by atoms with van der Waals surface area (Å²) < 4.78 is 12.5. The lowest BCUT2D eigenvalue weighted by atomic mass is 10.1. The summed E-state index contributed by atoms with van der Waals surface area (Å²) in [6, 6.07) is 6.87. The molecule has 0 amide bonds. The highest BCUT2D eigenvalue weighted by atomic mass is 32.2. The van der Waals surface area contributed by atoms with Crippen molar-refractivity contribution in [3.05, 3.63) is 53.1 Å². The highest BCUT2D eigenvalue weighted by molar-refractivity contribution is 7.99. The molecule has 0 unspecified atom stereocenters. The van der Waals surface area contributed by atoms with E-state index < -0.39 is 0 Å². The molecule has 2 nitrogen and oxygen atoms in total. The van der Waals surface area contributed by atoms with Crippen LogP contribution in [0.3, 0.4) is 0 Å². The molecule has 1 aromatic carbocycles. The topological polar surface area (TPSA) is 38.9 Å². The molecule has 1 aromatic heterocycles. The van der Waals surface area contributed by atoms with E-state index in [2.05, 4.69) is 11.1 Å². The molecule has 2 aromatic rings. The second-order valence-corrected chi connectivity index (χ2v) is 6.66. The predicted molar refractivity (Wildman–Crippen MR) is 86.2 cm³/mol. The van der Waals surface area contributed by atoms with Gasteiger partial charge in [0.15, 0.2) is 0 Å². The summed E-state index contributed by atoms with van der Waals surface area (Å²) in [6.07, 6.45) is 5.97. The zero-order valence-corrected chi connectivity index (χ0v) is 12.9. The monoisotopic (exact) mass is 302 g/mol. The minimum absolute atomic E-state index is 0.241. The van der Waals surface area contributed by atoms with Gasteiger partial charge in [-0.25, -0.2) is 4.39 Å². The molecular weight excluding hydrogens is 283 g/mol. The molecule has 4 rings (SSSR count). The van der Waals surface area contributed by atoms with Gasteiger partial charge < -0.3 is 5.73 Å². The van der Waals surface area contributed by atoms with Crippen molar-refractivity contribution in [2.45, 2.75) is 37.0 Å². The van der Waals surface area contributed by atoms with Crippen molar-refractivity contribution in [3.8, 4) is 0 Å². The number of thioether (sulfide) groups is 1. The first-order valence-electron chi connectivity index (χ1n) is 7.27. The van der Waals surface area contributed by atoms with Crippen molar-refractivity contribution in [1.29, 1.82) is 0 Å². The van der Waals surface area contributed by atoms with Crippen molar-refractivity contribution in [2.75, 3.05) is 11.5 Å². The van der Waals surface area contributed by atoms with E-state index in [1.165, 1.54) is 41.7 Å². The first-order valence-corrected chi connectivity index (χ1v) is 8.26. The van der Waals surface area contributed by atoms with Crippen molar-refractivity contribution < 1.29 is 4.39 Å². The smallest absolute Gasteiger partial charge is 0.128 e. The molecular formula is C17H19FN2S. The van der Waals surface area contributed by atoms with Gasteiger partial charge in [-0.05, 0) is 55.0 Å². The number of aromatic nitrogens is 1. The van der Waals surface area contributed by atoms with Crippen LogP contribution in [-0.2, 0) is 6.42 Å². The molecule has 110 valence electrons. The lowest BCUT2D eigenvalue weighted by molar-refractivity contribution is 0.619.